The fourth-order valence-electron chi connectivity index (χ4n) is 2.86. The van der Waals surface area contributed by atoms with Gasteiger partial charge in [-0.2, -0.15) is 0 Å². The highest BCUT2D eigenvalue weighted by Gasteiger charge is 2.27. The summed E-state index contributed by atoms with van der Waals surface area (Å²) in [6.07, 6.45) is 5.77. The zero-order chi connectivity index (χ0) is 15.9. The second-order valence-electron chi connectivity index (χ2n) is 7.37. The van der Waals surface area contributed by atoms with Crippen molar-refractivity contribution in [1.82, 2.24) is 10.2 Å². The summed E-state index contributed by atoms with van der Waals surface area (Å²) in [7, 11) is 0. The van der Waals surface area contributed by atoms with E-state index in [9.17, 15) is 4.79 Å². The van der Waals surface area contributed by atoms with Gasteiger partial charge in [0.2, 0.25) is 0 Å². The van der Waals surface area contributed by atoms with Gasteiger partial charge in [-0.25, -0.2) is 4.79 Å². The average Bonchev–Trinajstić information content (AvgIpc) is 2.37. The van der Waals surface area contributed by atoms with E-state index in [1.54, 1.807) is 0 Å². The maximum Gasteiger partial charge on any atom is 0.410 e. The molecular weight excluding hydrogens is 264 g/mol. The summed E-state index contributed by atoms with van der Waals surface area (Å²) in [4.78, 5) is 14.0. The third kappa shape index (κ3) is 7.70. The van der Waals surface area contributed by atoms with Crippen LogP contribution in [0.2, 0.25) is 0 Å². The van der Waals surface area contributed by atoms with Crippen molar-refractivity contribution in [3.8, 4) is 0 Å². The summed E-state index contributed by atoms with van der Waals surface area (Å²) in [5, 5.41) is 3.58. The number of hydrogen-bond acceptors (Lipinski definition) is 3. The lowest BCUT2D eigenvalue weighted by Gasteiger charge is -2.34. The molecule has 0 aromatic carbocycles. The minimum atomic E-state index is -0.402. The van der Waals surface area contributed by atoms with E-state index in [2.05, 4.69) is 19.2 Å². The quantitative estimate of drug-likeness (QED) is 0.811. The van der Waals surface area contributed by atoms with Crippen molar-refractivity contribution < 1.29 is 9.53 Å². The van der Waals surface area contributed by atoms with Gasteiger partial charge in [-0.3, -0.25) is 0 Å². The molecule has 1 rings (SSSR count). The molecule has 1 heterocycles. The van der Waals surface area contributed by atoms with E-state index >= 15 is 0 Å². The average molecular weight is 298 g/mol. The van der Waals surface area contributed by atoms with Gasteiger partial charge in [0, 0.05) is 19.1 Å². The first-order valence-corrected chi connectivity index (χ1v) is 8.53. The van der Waals surface area contributed by atoms with E-state index in [1.165, 1.54) is 19.3 Å². The Morgan fingerprint density at radius 1 is 1.43 bits per heavy atom. The molecule has 0 saturated carbocycles. The summed E-state index contributed by atoms with van der Waals surface area (Å²) < 4.78 is 5.47. The first-order valence-electron chi connectivity index (χ1n) is 8.53. The van der Waals surface area contributed by atoms with Crippen LogP contribution in [0, 0.1) is 5.92 Å². The van der Waals surface area contributed by atoms with Crippen molar-refractivity contribution in [2.24, 2.45) is 5.92 Å². The number of rotatable bonds is 6. The summed E-state index contributed by atoms with van der Waals surface area (Å²) in [5.41, 5.74) is -0.402. The number of likely N-dealkylation sites (tertiary alicyclic amines) is 1. The Hall–Kier alpha value is -0.770. The van der Waals surface area contributed by atoms with E-state index in [0.717, 1.165) is 32.5 Å². The number of carbonyl (C=O) groups excluding carboxylic acids is 1. The second kappa shape index (κ2) is 8.62. The molecule has 1 saturated heterocycles. The smallest absolute Gasteiger partial charge is 0.410 e. The monoisotopic (exact) mass is 298 g/mol. The topological polar surface area (TPSA) is 41.6 Å². The first kappa shape index (κ1) is 18.3. The molecule has 0 radical (unpaired) electrons. The third-order valence-electron chi connectivity index (χ3n) is 3.94. The van der Waals surface area contributed by atoms with Gasteiger partial charge in [-0.15, -0.1) is 0 Å². The minimum Gasteiger partial charge on any atom is -0.444 e. The number of nitrogens with zero attached hydrogens (tertiary/aromatic N) is 1. The van der Waals surface area contributed by atoms with Crippen molar-refractivity contribution in [3.05, 3.63) is 0 Å². The summed E-state index contributed by atoms with van der Waals surface area (Å²) in [6, 6.07) is 0.598. The van der Waals surface area contributed by atoms with Crippen molar-refractivity contribution in [2.75, 3.05) is 19.6 Å². The molecular formula is C17H34N2O2. The summed E-state index contributed by atoms with van der Waals surface area (Å²) >= 11 is 0. The van der Waals surface area contributed by atoms with Crippen LogP contribution in [0.1, 0.15) is 66.7 Å². The Kier molecular flexibility index (Phi) is 7.50. The van der Waals surface area contributed by atoms with Crippen LogP contribution in [0.5, 0.6) is 0 Å². The van der Waals surface area contributed by atoms with Crippen LogP contribution in [0.4, 0.5) is 4.79 Å². The van der Waals surface area contributed by atoms with Crippen molar-refractivity contribution in [2.45, 2.75) is 78.4 Å². The Balaban J connectivity index is 2.30. The number of nitrogens with one attached hydrogen (secondary N) is 1. The minimum absolute atomic E-state index is 0.153. The molecule has 1 aliphatic rings. The van der Waals surface area contributed by atoms with Crippen LogP contribution in [-0.4, -0.2) is 42.3 Å². The lowest BCUT2D eigenvalue weighted by molar-refractivity contribution is 0.0161. The predicted molar refractivity (Wildman–Crippen MR) is 87.5 cm³/mol. The number of piperidine rings is 1. The number of ether oxygens (including phenoxy) is 1. The highest BCUT2D eigenvalue weighted by atomic mass is 16.6. The summed E-state index contributed by atoms with van der Waals surface area (Å²) in [5.74, 6) is 0.604. The van der Waals surface area contributed by atoms with Crippen molar-refractivity contribution in [1.29, 1.82) is 0 Å². The van der Waals surface area contributed by atoms with Gasteiger partial charge in [-0.1, -0.05) is 13.3 Å². The highest BCUT2D eigenvalue weighted by Crippen LogP contribution is 2.21. The van der Waals surface area contributed by atoms with Gasteiger partial charge in [0.05, 0.1) is 0 Å². The molecule has 1 aliphatic heterocycles. The Morgan fingerprint density at radius 3 is 2.76 bits per heavy atom. The highest BCUT2D eigenvalue weighted by molar-refractivity contribution is 5.68. The Labute approximate surface area is 130 Å². The second-order valence-corrected chi connectivity index (χ2v) is 7.37. The van der Waals surface area contributed by atoms with Gasteiger partial charge in [0.25, 0.3) is 0 Å². The van der Waals surface area contributed by atoms with Gasteiger partial charge in [0.15, 0.2) is 0 Å². The molecule has 1 N–H and O–H groups in total. The molecule has 4 nitrogen and oxygen atoms in total. The van der Waals surface area contributed by atoms with E-state index in [0.29, 0.717) is 12.0 Å². The van der Waals surface area contributed by atoms with Crippen LogP contribution in [0.25, 0.3) is 0 Å². The van der Waals surface area contributed by atoms with E-state index in [4.69, 9.17) is 4.74 Å². The van der Waals surface area contributed by atoms with Crippen LogP contribution >= 0.6 is 0 Å². The molecule has 1 fully saturated rings. The van der Waals surface area contributed by atoms with Crippen LogP contribution in [0.3, 0.4) is 0 Å². The standard InChI is InChI=1S/C17H34N2O2/c1-6-8-14(2)18-11-10-15-9-7-12-19(13-15)16(20)21-17(3,4)5/h14-15,18H,6-13H2,1-5H3. The molecule has 0 spiro atoms. The molecule has 1 amide bonds. The largest absolute Gasteiger partial charge is 0.444 e. The Morgan fingerprint density at radius 2 is 2.14 bits per heavy atom. The molecule has 2 atom stereocenters. The zero-order valence-corrected chi connectivity index (χ0v) is 14.6. The molecule has 21 heavy (non-hydrogen) atoms. The third-order valence-corrected chi connectivity index (χ3v) is 3.94. The lowest BCUT2D eigenvalue weighted by Crippen LogP contribution is -2.43. The molecule has 4 heteroatoms. The van der Waals surface area contributed by atoms with Gasteiger partial charge < -0.3 is 15.0 Å². The predicted octanol–water partition coefficient (Wildman–Crippen LogP) is 3.80. The molecule has 0 aromatic heterocycles. The molecule has 2 unspecified atom stereocenters. The van der Waals surface area contributed by atoms with Gasteiger partial charge in [-0.05, 0) is 65.8 Å². The van der Waals surface area contributed by atoms with Gasteiger partial charge >= 0.3 is 6.09 Å². The van der Waals surface area contributed by atoms with Gasteiger partial charge in [0.1, 0.15) is 5.60 Å². The van der Waals surface area contributed by atoms with E-state index < -0.39 is 5.60 Å². The normalized spacial score (nSPS) is 21.2. The van der Waals surface area contributed by atoms with Crippen molar-refractivity contribution >= 4 is 6.09 Å². The molecule has 0 aromatic rings. The molecule has 0 aliphatic carbocycles. The lowest BCUT2D eigenvalue weighted by atomic mass is 9.95. The zero-order valence-electron chi connectivity index (χ0n) is 14.6. The fourth-order valence-corrected chi connectivity index (χ4v) is 2.86. The first-order chi connectivity index (χ1) is 9.81. The van der Waals surface area contributed by atoms with Crippen molar-refractivity contribution in [3.63, 3.8) is 0 Å². The number of hydrogen-bond donors (Lipinski definition) is 1. The number of carbonyl (C=O) groups is 1. The maximum absolute atomic E-state index is 12.1. The van der Waals surface area contributed by atoms with E-state index in [1.807, 2.05) is 25.7 Å². The fraction of sp³-hybridized carbons (Fsp3) is 0.941. The maximum atomic E-state index is 12.1. The number of amides is 1. The SMILES string of the molecule is CCCC(C)NCCC1CCCN(C(=O)OC(C)(C)C)C1. The Bertz CT molecular complexity index is 312. The summed E-state index contributed by atoms with van der Waals surface area (Å²) in [6.45, 7) is 13.0. The van der Waals surface area contributed by atoms with Crippen LogP contribution in [0.15, 0.2) is 0 Å². The van der Waals surface area contributed by atoms with Crippen LogP contribution < -0.4 is 5.32 Å². The van der Waals surface area contributed by atoms with Crippen LogP contribution in [-0.2, 0) is 4.74 Å². The van der Waals surface area contributed by atoms with E-state index in [-0.39, 0.29) is 6.09 Å². The molecule has 0 bridgehead atoms. The molecule has 124 valence electrons.